The van der Waals surface area contributed by atoms with Crippen molar-refractivity contribution in [3.63, 3.8) is 0 Å². The summed E-state index contributed by atoms with van der Waals surface area (Å²) in [5, 5.41) is 2.95. The maximum absolute atomic E-state index is 11.1. The third-order valence-corrected chi connectivity index (χ3v) is 2.38. The van der Waals surface area contributed by atoms with E-state index in [1.54, 1.807) is 0 Å². The van der Waals surface area contributed by atoms with Gasteiger partial charge in [-0.1, -0.05) is 6.92 Å². The fourth-order valence-electron chi connectivity index (χ4n) is 1.56. The average Bonchev–Trinajstić information content (AvgIpc) is 1.84. The van der Waals surface area contributed by atoms with Gasteiger partial charge in [0.1, 0.15) is 0 Å². The Labute approximate surface area is 67.3 Å². The summed E-state index contributed by atoms with van der Waals surface area (Å²) in [4.78, 5) is 11.1. The zero-order valence-electron chi connectivity index (χ0n) is 7.18. The van der Waals surface area contributed by atoms with E-state index < -0.39 is 0 Å². The summed E-state index contributed by atoms with van der Waals surface area (Å²) in [5.41, 5.74) is 5.65. The van der Waals surface area contributed by atoms with Crippen LogP contribution in [0.2, 0.25) is 0 Å². The number of rotatable bonds is 1. The fraction of sp³-hybridized carbons (Fsp3) is 0.875. The van der Waals surface area contributed by atoms with Crippen LogP contribution >= 0.6 is 0 Å². The Balaban J connectivity index is 2.62. The maximum Gasteiger partial charge on any atom is 0.221 e. The van der Waals surface area contributed by atoms with E-state index in [2.05, 4.69) is 12.2 Å². The third-order valence-electron chi connectivity index (χ3n) is 2.38. The van der Waals surface area contributed by atoms with Crippen LogP contribution in [0.3, 0.4) is 0 Å². The van der Waals surface area contributed by atoms with E-state index in [-0.39, 0.29) is 17.5 Å². The van der Waals surface area contributed by atoms with Crippen molar-refractivity contribution in [1.29, 1.82) is 0 Å². The number of nitrogens with one attached hydrogen (secondary N) is 1. The number of carbonyl (C=O) groups is 1. The van der Waals surface area contributed by atoms with Crippen LogP contribution in [0.4, 0.5) is 0 Å². The van der Waals surface area contributed by atoms with E-state index in [1.807, 2.05) is 6.92 Å². The minimum absolute atomic E-state index is 0.0497. The Kier molecular flexibility index (Phi) is 2.18. The molecule has 0 aromatic carbocycles. The van der Waals surface area contributed by atoms with Crippen LogP contribution in [0.5, 0.6) is 0 Å². The van der Waals surface area contributed by atoms with Gasteiger partial charge >= 0.3 is 0 Å². The second kappa shape index (κ2) is 2.81. The van der Waals surface area contributed by atoms with Gasteiger partial charge in [-0.3, -0.25) is 4.79 Å². The highest BCUT2D eigenvalue weighted by molar-refractivity contribution is 5.78. The number of carbonyl (C=O) groups excluding carboxylic acids is 1. The molecule has 0 spiro atoms. The molecule has 1 amide bonds. The van der Waals surface area contributed by atoms with E-state index in [0.29, 0.717) is 6.42 Å². The van der Waals surface area contributed by atoms with Crippen molar-refractivity contribution < 1.29 is 4.79 Å². The molecule has 0 radical (unpaired) electrons. The van der Waals surface area contributed by atoms with Gasteiger partial charge in [-0.25, -0.2) is 0 Å². The quantitative estimate of drug-likeness (QED) is 0.577. The van der Waals surface area contributed by atoms with Crippen LogP contribution in [0.25, 0.3) is 0 Å². The summed E-state index contributed by atoms with van der Waals surface area (Å²) in [7, 11) is 0. The molecule has 2 unspecified atom stereocenters. The molecule has 0 aliphatic carbocycles. The van der Waals surface area contributed by atoms with Crippen LogP contribution in [0.1, 0.15) is 33.1 Å². The van der Waals surface area contributed by atoms with Gasteiger partial charge in [-0.15, -0.1) is 0 Å². The van der Waals surface area contributed by atoms with E-state index >= 15 is 0 Å². The molecule has 3 nitrogen and oxygen atoms in total. The van der Waals surface area contributed by atoms with Crippen LogP contribution in [-0.4, -0.2) is 17.5 Å². The molecule has 0 aromatic rings. The number of piperidine rings is 1. The lowest BCUT2D eigenvalue weighted by molar-refractivity contribution is -0.125. The lowest BCUT2D eigenvalue weighted by Gasteiger charge is -2.36. The molecule has 1 aliphatic heterocycles. The summed E-state index contributed by atoms with van der Waals surface area (Å²) >= 11 is 0. The van der Waals surface area contributed by atoms with Crippen molar-refractivity contribution in [3.05, 3.63) is 0 Å². The predicted molar refractivity (Wildman–Crippen MR) is 44.0 cm³/mol. The Hall–Kier alpha value is -0.570. The van der Waals surface area contributed by atoms with Gasteiger partial charge in [0.25, 0.3) is 0 Å². The molecule has 1 fully saturated rings. The molecular formula is C8H16N2O. The lowest BCUT2D eigenvalue weighted by atomic mass is 9.86. The van der Waals surface area contributed by atoms with Crippen molar-refractivity contribution in [3.8, 4) is 0 Å². The molecule has 0 bridgehead atoms. The third kappa shape index (κ3) is 1.93. The van der Waals surface area contributed by atoms with Gasteiger partial charge in [0, 0.05) is 18.0 Å². The Morgan fingerprint density at radius 3 is 2.91 bits per heavy atom. The number of hydrogen-bond donors (Lipinski definition) is 2. The standard InChI is InChI=1S/C8H16N2O/c1-3-8(2)5-6(9)4-7(11)10-8/h6H,3-5,9H2,1-2H3,(H,10,11). The second-order valence-electron chi connectivity index (χ2n) is 3.63. The fourth-order valence-corrected chi connectivity index (χ4v) is 1.56. The van der Waals surface area contributed by atoms with E-state index in [9.17, 15) is 4.79 Å². The van der Waals surface area contributed by atoms with Gasteiger partial charge in [-0.05, 0) is 19.8 Å². The highest BCUT2D eigenvalue weighted by Gasteiger charge is 2.32. The molecule has 1 aliphatic rings. The zero-order chi connectivity index (χ0) is 8.48. The molecule has 1 heterocycles. The molecule has 3 heteroatoms. The van der Waals surface area contributed by atoms with Crippen molar-refractivity contribution in [1.82, 2.24) is 5.32 Å². The molecule has 64 valence electrons. The van der Waals surface area contributed by atoms with Crippen molar-refractivity contribution >= 4 is 5.91 Å². The van der Waals surface area contributed by atoms with Gasteiger partial charge < -0.3 is 11.1 Å². The summed E-state index contributed by atoms with van der Waals surface area (Å²) in [5.74, 6) is 0.0908. The van der Waals surface area contributed by atoms with Gasteiger partial charge in [-0.2, -0.15) is 0 Å². The highest BCUT2D eigenvalue weighted by Crippen LogP contribution is 2.21. The monoisotopic (exact) mass is 156 g/mol. The zero-order valence-corrected chi connectivity index (χ0v) is 7.18. The van der Waals surface area contributed by atoms with Crippen LogP contribution in [0, 0.1) is 0 Å². The summed E-state index contributed by atoms with van der Waals surface area (Å²) in [6, 6.07) is 0.0497. The lowest BCUT2D eigenvalue weighted by Crippen LogP contribution is -2.55. The van der Waals surface area contributed by atoms with Crippen LogP contribution in [-0.2, 0) is 4.79 Å². The van der Waals surface area contributed by atoms with Crippen LogP contribution in [0.15, 0.2) is 0 Å². The summed E-state index contributed by atoms with van der Waals surface area (Å²) < 4.78 is 0. The highest BCUT2D eigenvalue weighted by atomic mass is 16.1. The Morgan fingerprint density at radius 1 is 1.82 bits per heavy atom. The minimum Gasteiger partial charge on any atom is -0.351 e. The van der Waals surface area contributed by atoms with E-state index in [4.69, 9.17) is 5.73 Å². The van der Waals surface area contributed by atoms with Crippen molar-refractivity contribution in [2.45, 2.75) is 44.7 Å². The largest absolute Gasteiger partial charge is 0.351 e. The maximum atomic E-state index is 11.1. The summed E-state index contributed by atoms with van der Waals surface area (Å²) in [6.45, 7) is 4.11. The van der Waals surface area contributed by atoms with Gasteiger partial charge in [0.2, 0.25) is 5.91 Å². The second-order valence-corrected chi connectivity index (χ2v) is 3.63. The van der Waals surface area contributed by atoms with Crippen molar-refractivity contribution in [2.24, 2.45) is 5.73 Å². The first-order valence-corrected chi connectivity index (χ1v) is 4.12. The van der Waals surface area contributed by atoms with Gasteiger partial charge in [0.15, 0.2) is 0 Å². The van der Waals surface area contributed by atoms with Crippen LogP contribution < -0.4 is 11.1 Å². The number of hydrogen-bond acceptors (Lipinski definition) is 2. The SMILES string of the molecule is CCC1(C)CC(N)CC(=O)N1. The first-order chi connectivity index (χ1) is 5.06. The molecule has 2 atom stereocenters. The molecule has 0 saturated carbocycles. The Morgan fingerprint density at radius 2 is 2.45 bits per heavy atom. The molecular weight excluding hydrogens is 140 g/mol. The van der Waals surface area contributed by atoms with E-state index in [1.165, 1.54) is 0 Å². The van der Waals surface area contributed by atoms with Crippen molar-refractivity contribution in [2.75, 3.05) is 0 Å². The molecule has 1 rings (SSSR count). The topological polar surface area (TPSA) is 55.1 Å². The Bertz CT molecular complexity index is 169. The first-order valence-electron chi connectivity index (χ1n) is 4.12. The molecule has 11 heavy (non-hydrogen) atoms. The molecule has 1 saturated heterocycles. The van der Waals surface area contributed by atoms with E-state index in [0.717, 1.165) is 12.8 Å². The summed E-state index contributed by atoms with van der Waals surface area (Å²) in [6.07, 6.45) is 2.33. The average molecular weight is 156 g/mol. The smallest absolute Gasteiger partial charge is 0.221 e. The molecule has 0 aromatic heterocycles. The predicted octanol–water partition coefficient (Wildman–Crippen LogP) is 0.392. The minimum atomic E-state index is -0.0608. The normalized spacial score (nSPS) is 38.5. The number of nitrogens with two attached hydrogens (primary N) is 1. The first kappa shape index (κ1) is 8.53. The number of amides is 1. The molecule has 3 N–H and O–H groups in total. The van der Waals surface area contributed by atoms with Gasteiger partial charge in [0.05, 0.1) is 0 Å².